The number of benzene rings is 2. The van der Waals surface area contributed by atoms with E-state index < -0.39 is 0 Å². The fourth-order valence-corrected chi connectivity index (χ4v) is 2.49. The second kappa shape index (κ2) is 10.3. The summed E-state index contributed by atoms with van der Waals surface area (Å²) in [7, 11) is 0. The number of anilines is 1. The number of hydrogen-bond acceptors (Lipinski definition) is 3. The summed E-state index contributed by atoms with van der Waals surface area (Å²) in [4.78, 5) is 12.1. The second-order valence-corrected chi connectivity index (χ2v) is 6.15. The molecule has 3 heteroatoms. The molecule has 0 unspecified atom stereocenters. The number of nitrogens with two attached hydrogens (primary N) is 1. The van der Waals surface area contributed by atoms with E-state index in [2.05, 4.69) is 6.92 Å². The molecule has 2 N–H and O–H groups in total. The molecular weight excluding hydrogens is 310 g/mol. The molecule has 3 nitrogen and oxygen atoms in total. The molecule has 0 amide bonds. The van der Waals surface area contributed by atoms with Gasteiger partial charge in [0.05, 0.1) is 6.61 Å². The van der Waals surface area contributed by atoms with Gasteiger partial charge in [0.15, 0.2) is 5.78 Å². The molecule has 132 valence electrons. The van der Waals surface area contributed by atoms with Gasteiger partial charge in [-0.05, 0) is 54.5 Å². The number of allylic oxidation sites excluding steroid dienone is 1. The number of rotatable bonds is 10. The Morgan fingerprint density at radius 3 is 2.32 bits per heavy atom. The van der Waals surface area contributed by atoms with Crippen molar-refractivity contribution in [2.24, 2.45) is 0 Å². The van der Waals surface area contributed by atoms with Crippen LogP contribution in [-0.2, 0) is 0 Å². The van der Waals surface area contributed by atoms with Gasteiger partial charge in [-0.2, -0.15) is 0 Å². The van der Waals surface area contributed by atoms with Crippen LogP contribution in [0.4, 0.5) is 5.69 Å². The Morgan fingerprint density at radius 2 is 1.64 bits per heavy atom. The molecule has 0 atom stereocenters. The van der Waals surface area contributed by atoms with Gasteiger partial charge >= 0.3 is 0 Å². The largest absolute Gasteiger partial charge is 0.494 e. The van der Waals surface area contributed by atoms with Gasteiger partial charge in [0.25, 0.3) is 0 Å². The van der Waals surface area contributed by atoms with Crippen molar-refractivity contribution in [3.8, 4) is 5.75 Å². The van der Waals surface area contributed by atoms with E-state index in [9.17, 15) is 4.79 Å². The second-order valence-electron chi connectivity index (χ2n) is 6.15. The smallest absolute Gasteiger partial charge is 0.185 e. The van der Waals surface area contributed by atoms with Crippen molar-refractivity contribution in [2.75, 3.05) is 12.3 Å². The van der Waals surface area contributed by atoms with Crippen LogP contribution in [0.1, 0.15) is 54.9 Å². The molecule has 25 heavy (non-hydrogen) atoms. The lowest BCUT2D eigenvalue weighted by molar-refractivity contribution is 0.104. The summed E-state index contributed by atoms with van der Waals surface area (Å²) in [6.45, 7) is 2.98. The number of ketones is 1. The van der Waals surface area contributed by atoms with Crippen LogP contribution < -0.4 is 10.5 Å². The molecule has 0 saturated heterocycles. The molecule has 2 rings (SSSR count). The highest BCUT2D eigenvalue weighted by Gasteiger charge is 2.01. The normalized spacial score (nSPS) is 10.9. The Kier molecular flexibility index (Phi) is 7.77. The topological polar surface area (TPSA) is 52.3 Å². The van der Waals surface area contributed by atoms with Crippen LogP contribution in [0.5, 0.6) is 5.75 Å². The van der Waals surface area contributed by atoms with Gasteiger partial charge < -0.3 is 10.5 Å². The first-order chi connectivity index (χ1) is 12.2. The molecular formula is C22H27NO2. The fourth-order valence-electron chi connectivity index (χ4n) is 2.49. The molecule has 0 aliphatic heterocycles. The standard InChI is InChI=1S/C22H27NO2/c1-2-3-4-5-6-17-25-21-14-7-18(8-15-21)9-16-22(24)19-10-12-20(23)13-11-19/h7-16H,2-6,17,23H2,1H3/b16-9+. The first kappa shape index (κ1) is 18.8. The molecule has 0 aromatic heterocycles. The van der Waals surface area contributed by atoms with Crippen LogP contribution in [-0.4, -0.2) is 12.4 Å². The molecule has 0 radical (unpaired) electrons. The molecule has 0 heterocycles. The van der Waals surface area contributed by atoms with Gasteiger partial charge in [-0.25, -0.2) is 0 Å². The highest BCUT2D eigenvalue weighted by atomic mass is 16.5. The molecule has 0 fully saturated rings. The maximum absolute atomic E-state index is 12.1. The number of carbonyl (C=O) groups excluding carboxylic acids is 1. The molecule has 0 bridgehead atoms. The summed E-state index contributed by atoms with van der Waals surface area (Å²) in [6, 6.07) is 14.7. The third kappa shape index (κ3) is 6.84. The highest BCUT2D eigenvalue weighted by molar-refractivity contribution is 6.06. The van der Waals surface area contributed by atoms with Gasteiger partial charge in [0, 0.05) is 11.3 Å². The van der Waals surface area contributed by atoms with Gasteiger partial charge in [0.1, 0.15) is 5.75 Å². The van der Waals surface area contributed by atoms with Crippen LogP contribution >= 0.6 is 0 Å². The summed E-state index contributed by atoms with van der Waals surface area (Å²) in [5.74, 6) is 0.838. The Morgan fingerprint density at radius 1 is 0.960 bits per heavy atom. The maximum Gasteiger partial charge on any atom is 0.185 e. The predicted molar refractivity (Wildman–Crippen MR) is 105 cm³/mol. The number of ether oxygens (including phenoxy) is 1. The van der Waals surface area contributed by atoms with Crippen LogP contribution in [0.25, 0.3) is 6.08 Å². The van der Waals surface area contributed by atoms with Crippen LogP contribution in [0.2, 0.25) is 0 Å². The van der Waals surface area contributed by atoms with E-state index >= 15 is 0 Å². The van der Waals surface area contributed by atoms with Crippen molar-refractivity contribution in [2.45, 2.75) is 39.0 Å². The third-order valence-electron chi connectivity index (χ3n) is 4.02. The molecule has 0 saturated carbocycles. The monoisotopic (exact) mass is 337 g/mol. The minimum atomic E-state index is -0.0348. The van der Waals surface area contributed by atoms with E-state index in [0.29, 0.717) is 11.3 Å². The fraction of sp³-hybridized carbons (Fsp3) is 0.318. The summed E-state index contributed by atoms with van der Waals surface area (Å²) in [6.07, 6.45) is 9.56. The molecule has 0 spiro atoms. The van der Waals surface area contributed by atoms with E-state index in [1.165, 1.54) is 25.7 Å². The number of carbonyl (C=O) groups is 1. The van der Waals surface area contributed by atoms with Gasteiger partial charge in [0.2, 0.25) is 0 Å². The number of hydrogen-bond donors (Lipinski definition) is 1. The molecule has 0 aliphatic carbocycles. The van der Waals surface area contributed by atoms with Crippen molar-refractivity contribution >= 4 is 17.5 Å². The van der Waals surface area contributed by atoms with Crippen molar-refractivity contribution in [3.63, 3.8) is 0 Å². The SMILES string of the molecule is CCCCCCCOc1ccc(/C=C/C(=O)c2ccc(N)cc2)cc1. The van der Waals surface area contributed by atoms with E-state index in [1.54, 1.807) is 30.3 Å². The summed E-state index contributed by atoms with van der Waals surface area (Å²) in [5, 5.41) is 0. The Labute approximate surface area is 150 Å². The number of nitrogen functional groups attached to an aromatic ring is 1. The molecule has 0 aliphatic rings. The van der Waals surface area contributed by atoms with Gasteiger partial charge in [-0.1, -0.05) is 50.8 Å². The average Bonchev–Trinajstić information content (AvgIpc) is 2.64. The third-order valence-corrected chi connectivity index (χ3v) is 4.02. The predicted octanol–water partition coefficient (Wildman–Crippen LogP) is 5.51. The lowest BCUT2D eigenvalue weighted by Crippen LogP contribution is -1.97. The summed E-state index contributed by atoms with van der Waals surface area (Å²) >= 11 is 0. The van der Waals surface area contributed by atoms with Crippen molar-refractivity contribution < 1.29 is 9.53 Å². The Hall–Kier alpha value is -2.55. The van der Waals surface area contributed by atoms with Crippen molar-refractivity contribution in [1.82, 2.24) is 0 Å². The van der Waals surface area contributed by atoms with E-state index in [1.807, 2.05) is 30.3 Å². The quantitative estimate of drug-likeness (QED) is 0.269. The first-order valence-electron chi connectivity index (χ1n) is 9.00. The lowest BCUT2D eigenvalue weighted by atomic mass is 10.1. The lowest BCUT2D eigenvalue weighted by Gasteiger charge is -2.06. The minimum Gasteiger partial charge on any atom is -0.494 e. The minimum absolute atomic E-state index is 0.0348. The first-order valence-corrected chi connectivity index (χ1v) is 9.00. The van der Waals surface area contributed by atoms with Gasteiger partial charge in [-0.3, -0.25) is 4.79 Å². The van der Waals surface area contributed by atoms with Gasteiger partial charge in [-0.15, -0.1) is 0 Å². The van der Waals surface area contributed by atoms with Crippen molar-refractivity contribution in [3.05, 3.63) is 65.7 Å². The zero-order chi connectivity index (χ0) is 17.9. The van der Waals surface area contributed by atoms with Crippen LogP contribution in [0.3, 0.4) is 0 Å². The van der Waals surface area contributed by atoms with E-state index in [0.717, 1.165) is 24.3 Å². The Balaban J connectivity index is 1.79. The number of unbranched alkanes of at least 4 members (excludes halogenated alkanes) is 4. The zero-order valence-corrected chi connectivity index (χ0v) is 14.9. The highest BCUT2D eigenvalue weighted by Crippen LogP contribution is 2.15. The summed E-state index contributed by atoms with van der Waals surface area (Å²) in [5.41, 5.74) is 7.89. The molecule has 2 aromatic carbocycles. The van der Waals surface area contributed by atoms with Crippen LogP contribution in [0, 0.1) is 0 Å². The molecule has 2 aromatic rings. The summed E-state index contributed by atoms with van der Waals surface area (Å²) < 4.78 is 5.74. The Bertz CT molecular complexity index is 672. The maximum atomic E-state index is 12.1. The van der Waals surface area contributed by atoms with Crippen molar-refractivity contribution in [1.29, 1.82) is 0 Å². The van der Waals surface area contributed by atoms with Crippen LogP contribution in [0.15, 0.2) is 54.6 Å². The van der Waals surface area contributed by atoms with E-state index in [-0.39, 0.29) is 5.78 Å². The van der Waals surface area contributed by atoms with E-state index in [4.69, 9.17) is 10.5 Å². The zero-order valence-electron chi connectivity index (χ0n) is 14.9. The average molecular weight is 337 g/mol.